The van der Waals surface area contributed by atoms with Crippen molar-refractivity contribution in [3.05, 3.63) is 71.8 Å². The number of ether oxygens (including phenoxy) is 1. The summed E-state index contributed by atoms with van der Waals surface area (Å²) in [5.74, 6) is -0.385. The van der Waals surface area contributed by atoms with Gasteiger partial charge in [0.05, 0.1) is 12.8 Å². The van der Waals surface area contributed by atoms with Gasteiger partial charge in [-0.1, -0.05) is 42.5 Å². The van der Waals surface area contributed by atoms with Crippen molar-refractivity contribution in [1.82, 2.24) is 0 Å². The first-order valence-corrected chi connectivity index (χ1v) is 6.38. The van der Waals surface area contributed by atoms with E-state index in [2.05, 4.69) is 5.32 Å². The van der Waals surface area contributed by atoms with Crippen molar-refractivity contribution >= 4 is 17.4 Å². The quantitative estimate of drug-likeness (QED) is 0.679. The molecule has 0 spiro atoms. The van der Waals surface area contributed by atoms with Gasteiger partial charge in [0.25, 0.3) is 0 Å². The van der Waals surface area contributed by atoms with Crippen LogP contribution < -0.4 is 5.32 Å². The average Bonchev–Trinajstić information content (AvgIpc) is 2.47. The number of rotatable bonds is 4. The predicted octanol–water partition coefficient (Wildman–Crippen LogP) is 3.62. The van der Waals surface area contributed by atoms with Crippen LogP contribution in [0.15, 0.2) is 60.7 Å². The summed E-state index contributed by atoms with van der Waals surface area (Å²) in [6, 6.07) is 17.7. The van der Waals surface area contributed by atoms with Crippen LogP contribution in [0.3, 0.4) is 0 Å². The molecular formula is C17H17NO2. The van der Waals surface area contributed by atoms with E-state index in [1.165, 1.54) is 13.2 Å². The molecule has 1 N–H and O–H groups in total. The number of hydrogen-bond acceptors (Lipinski definition) is 3. The zero-order valence-electron chi connectivity index (χ0n) is 11.6. The molecule has 0 amide bonds. The fourth-order valence-corrected chi connectivity index (χ4v) is 1.86. The van der Waals surface area contributed by atoms with Crippen LogP contribution in [0.4, 0.5) is 5.69 Å². The summed E-state index contributed by atoms with van der Waals surface area (Å²) in [4.78, 5) is 11.5. The summed E-state index contributed by atoms with van der Waals surface area (Å²) in [5.41, 5.74) is 3.73. The monoisotopic (exact) mass is 267 g/mol. The normalized spacial score (nSPS) is 11.0. The SMILES string of the molecule is COC(=O)/C=C(\Nc1cccc(C)c1)c1ccccc1. The van der Waals surface area contributed by atoms with E-state index in [9.17, 15) is 4.79 Å². The molecule has 0 fully saturated rings. The van der Waals surface area contributed by atoms with Crippen LogP contribution in [0, 0.1) is 6.92 Å². The van der Waals surface area contributed by atoms with E-state index >= 15 is 0 Å². The molecule has 20 heavy (non-hydrogen) atoms. The first-order valence-electron chi connectivity index (χ1n) is 6.38. The molecule has 2 rings (SSSR count). The fraction of sp³-hybridized carbons (Fsp3) is 0.118. The highest BCUT2D eigenvalue weighted by Crippen LogP contribution is 2.19. The van der Waals surface area contributed by atoms with Gasteiger partial charge in [-0.2, -0.15) is 0 Å². The maximum atomic E-state index is 11.5. The summed E-state index contributed by atoms with van der Waals surface area (Å²) in [7, 11) is 1.37. The largest absolute Gasteiger partial charge is 0.466 e. The Hall–Kier alpha value is -2.55. The molecule has 3 nitrogen and oxygen atoms in total. The van der Waals surface area contributed by atoms with Gasteiger partial charge in [-0.05, 0) is 30.2 Å². The predicted molar refractivity (Wildman–Crippen MR) is 81.2 cm³/mol. The molecule has 0 saturated heterocycles. The van der Waals surface area contributed by atoms with Crippen molar-refractivity contribution < 1.29 is 9.53 Å². The van der Waals surface area contributed by atoms with Gasteiger partial charge in [0.1, 0.15) is 0 Å². The molecule has 0 aliphatic heterocycles. The lowest BCUT2D eigenvalue weighted by Gasteiger charge is -2.11. The zero-order valence-corrected chi connectivity index (χ0v) is 11.6. The van der Waals surface area contributed by atoms with Crippen LogP contribution in [0.1, 0.15) is 11.1 Å². The molecule has 0 radical (unpaired) electrons. The van der Waals surface area contributed by atoms with Gasteiger partial charge >= 0.3 is 5.97 Å². The number of nitrogens with one attached hydrogen (secondary N) is 1. The van der Waals surface area contributed by atoms with Crippen molar-refractivity contribution in [1.29, 1.82) is 0 Å². The zero-order chi connectivity index (χ0) is 14.4. The van der Waals surface area contributed by atoms with Crippen LogP contribution in [-0.4, -0.2) is 13.1 Å². The van der Waals surface area contributed by atoms with E-state index in [4.69, 9.17) is 4.74 Å². The molecule has 0 atom stereocenters. The molecule has 2 aromatic carbocycles. The van der Waals surface area contributed by atoms with Gasteiger partial charge in [-0.15, -0.1) is 0 Å². The minimum atomic E-state index is -0.385. The second kappa shape index (κ2) is 6.57. The highest BCUT2D eigenvalue weighted by atomic mass is 16.5. The summed E-state index contributed by atoms with van der Waals surface area (Å²) in [5, 5.41) is 3.26. The molecule has 0 bridgehead atoms. The standard InChI is InChI=1S/C17H17NO2/c1-13-7-6-10-15(11-13)18-16(12-17(19)20-2)14-8-4-3-5-9-14/h3-12,18H,1-2H3/b16-12-. The van der Waals surface area contributed by atoms with Gasteiger partial charge < -0.3 is 10.1 Å². The molecule has 0 aromatic heterocycles. The first-order chi connectivity index (χ1) is 9.69. The summed E-state index contributed by atoms with van der Waals surface area (Å²) >= 11 is 0. The molecule has 0 unspecified atom stereocenters. The lowest BCUT2D eigenvalue weighted by molar-refractivity contribution is -0.134. The Morgan fingerprint density at radius 3 is 2.50 bits per heavy atom. The van der Waals surface area contributed by atoms with Crippen molar-refractivity contribution in [3.8, 4) is 0 Å². The summed E-state index contributed by atoms with van der Waals surface area (Å²) in [6.07, 6.45) is 1.46. The summed E-state index contributed by atoms with van der Waals surface area (Å²) < 4.78 is 4.71. The van der Waals surface area contributed by atoms with E-state index in [-0.39, 0.29) is 5.97 Å². The number of benzene rings is 2. The van der Waals surface area contributed by atoms with E-state index in [0.29, 0.717) is 5.70 Å². The van der Waals surface area contributed by atoms with Crippen LogP contribution in [0.25, 0.3) is 5.70 Å². The topological polar surface area (TPSA) is 38.3 Å². The van der Waals surface area contributed by atoms with E-state index in [1.54, 1.807) is 0 Å². The van der Waals surface area contributed by atoms with Crippen LogP contribution in [0.5, 0.6) is 0 Å². The molecule has 0 aliphatic rings. The van der Waals surface area contributed by atoms with Crippen LogP contribution in [-0.2, 0) is 9.53 Å². The van der Waals surface area contributed by atoms with Gasteiger partial charge in [0, 0.05) is 11.8 Å². The minimum absolute atomic E-state index is 0.385. The fourth-order valence-electron chi connectivity index (χ4n) is 1.86. The Kier molecular flexibility index (Phi) is 4.56. The van der Waals surface area contributed by atoms with Gasteiger partial charge in [0.2, 0.25) is 0 Å². The van der Waals surface area contributed by atoms with Gasteiger partial charge in [0.15, 0.2) is 0 Å². The lowest BCUT2D eigenvalue weighted by atomic mass is 10.1. The van der Waals surface area contributed by atoms with Gasteiger partial charge in [-0.3, -0.25) is 0 Å². The van der Waals surface area contributed by atoms with Crippen LogP contribution in [0.2, 0.25) is 0 Å². The molecule has 0 aliphatic carbocycles. The van der Waals surface area contributed by atoms with E-state index in [1.807, 2.05) is 61.5 Å². The number of aryl methyl sites for hydroxylation is 1. The Labute approximate surface area is 118 Å². The smallest absolute Gasteiger partial charge is 0.332 e. The second-order valence-electron chi connectivity index (χ2n) is 4.44. The molecule has 0 saturated carbocycles. The number of carbonyl (C=O) groups is 1. The maximum Gasteiger partial charge on any atom is 0.332 e. The number of anilines is 1. The third kappa shape index (κ3) is 3.72. The van der Waals surface area contributed by atoms with Crippen molar-refractivity contribution in [3.63, 3.8) is 0 Å². The van der Waals surface area contributed by atoms with Crippen molar-refractivity contribution in [2.24, 2.45) is 0 Å². The third-order valence-corrected chi connectivity index (χ3v) is 2.85. The Morgan fingerprint density at radius 2 is 1.85 bits per heavy atom. The van der Waals surface area contributed by atoms with Crippen molar-refractivity contribution in [2.45, 2.75) is 6.92 Å². The van der Waals surface area contributed by atoms with Crippen LogP contribution >= 0.6 is 0 Å². The highest BCUT2D eigenvalue weighted by molar-refractivity contribution is 5.94. The lowest BCUT2D eigenvalue weighted by Crippen LogP contribution is -2.04. The average molecular weight is 267 g/mol. The molecule has 102 valence electrons. The summed E-state index contributed by atoms with van der Waals surface area (Å²) in [6.45, 7) is 2.03. The molecule has 2 aromatic rings. The molecular weight excluding hydrogens is 250 g/mol. The highest BCUT2D eigenvalue weighted by Gasteiger charge is 2.05. The number of methoxy groups -OCH3 is 1. The maximum absolute atomic E-state index is 11.5. The molecule has 3 heteroatoms. The number of hydrogen-bond donors (Lipinski definition) is 1. The third-order valence-electron chi connectivity index (χ3n) is 2.85. The van der Waals surface area contributed by atoms with Gasteiger partial charge in [-0.25, -0.2) is 4.79 Å². The Balaban J connectivity index is 2.33. The number of carbonyl (C=O) groups excluding carboxylic acids is 1. The number of esters is 1. The van der Waals surface area contributed by atoms with E-state index < -0.39 is 0 Å². The van der Waals surface area contributed by atoms with Crippen molar-refractivity contribution in [2.75, 3.05) is 12.4 Å². The first kappa shape index (κ1) is 13.9. The Bertz CT molecular complexity index is 618. The van der Waals surface area contributed by atoms with E-state index in [0.717, 1.165) is 16.8 Å². The minimum Gasteiger partial charge on any atom is -0.466 e. The molecule has 0 heterocycles. The second-order valence-corrected chi connectivity index (χ2v) is 4.44. The Morgan fingerprint density at radius 1 is 1.10 bits per heavy atom.